The molecule has 11 nitrogen and oxygen atoms in total. The van der Waals surface area contributed by atoms with Crippen LogP contribution in [0.5, 0.6) is 5.75 Å². The van der Waals surface area contributed by atoms with Gasteiger partial charge < -0.3 is 9.84 Å². The van der Waals surface area contributed by atoms with E-state index in [9.17, 15) is 13.2 Å². The van der Waals surface area contributed by atoms with E-state index in [-0.39, 0.29) is 10.7 Å². The normalized spacial score (nSPS) is 12.2. The number of amidine groups is 1. The van der Waals surface area contributed by atoms with Crippen LogP contribution in [0.1, 0.15) is 16.1 Å². The highest BCUT2D eigenvalue weighted by Gasteiger charge is 2.10. The van der Waals surface area contributed by atoms with Crippen molar-refractivity contribution in [2.45, 2.75) is 18.7 Å². The van der Waals surface area contributed by atoms with Gasteiger partial charge in [-0.05, 0) is 50.2 Å². The third kappa shape index (κ3) is 6.90. The number of nitrogens with zero attached hydrogens (tertiary/aromatic N) is 4. The summed E-state index contributed by atoms with van der Waals surface area (Å²) in [4.78, 5) is 15.8. The smallest absolute Gasteiger partial charge is 0.341 e. The Labute approximate surface area is 193 Å². The number of carboxylic acids is 1. The van der Waals surface area contributed by atoms with Crippen molar-refractivity contribution in [2.24, 2.45) is 15.3 Å². The first kappa shape index (κ1) is 24.0. The number of rotatable bonds is 8. The molecule has 33 heavy (non-hydrogen) atoms. The van der Waals surface area contributed by atoms with Gasteiger partial charge in [0.05, 0.1) is 16.3 Å². The van der Waals surface area contributed by atoms with E-state index in [0.29, 0.717) is 22.1 Å². The number of aliphatic carboxylic acids is 1. The summed E-state index contributed by atoms with van der Waals surface area (Å²) in [6, 6.07) is 11.8. The van der Waals surface area contributed by atoms with Crippen molar-refractivity contribution < 1.29 is 27.6 Å². The Balaban J connectivity index is 1.91. The third-order valence-electron chi connectivity index (χ3n) is 4.15. The molecule has 0 saturated heterocycles. The number of azo groups is 1. The van der Waals surface area contributed by atoms with Gasteiger partial charge in [0.1, 0.15) is 5.75 Å². The van der Waals surface area contributed by atoms with Gasteiger partial charge in [-0.25, -0.2) is 9.78 Å². The number of hydrazone groups is 1. The number of carbonyl (C=O) groups is 1. The molecule has 0 amide bonds. The molecule has 0 aliphatic heterocycles. The standard InChI is InChI=1S/C20H19N5O6S2/c1-12-13(2)32-20(21-12)25-24-19(14-4-3-5-16(10-14)31-11-18(26)27)23-22-15-6-8-17(9-7-15)33(28,29)30/h3-10,22H,11H2,1-2H3,(H,26,27)(H,28,29,30). The van der Waals surface area contributed by atoms with E-state index in [4.69, 9.17) is 14.4 Å². The molecular formula is C20H19N5O6S2. The molecule has 0 fully saturated rings. The summed E-state index contributed by atoms with van der Waals surface area (Å²) in [6.07, 6.45) is 0. The van der Waals surface area contributed by atoms with E-state index in [1.54, 1.807) is 24.3 Å². The van der Waals surface area contributed by atoms with Gasteiger partial charge in [0.25, 0.3) is 10.1 Å². The summed E-state index contributed by atoms with van der Waals surface area (Å²) in [7, 11) is -4.31. The summed E-state index contributed by atoms with van der Waals surface area (Å²) in [5.41, 5.74) is 4.50. The Kier molecular flexibility index (Phi) is 7.48. The molecule has 0 radical (unpaired) electrons. The second-order valence-corrected chi connectivity index (χ2v) is 9.20. The SMILES string of the molecule is Cc1nc(N=NC(=NNc2ccc(S(=O)(=O)O)cc2)c2cccc(OCC(=O)O)c2)sc1C. The van der Waals surface area contributed by atoms with Gasteiger partial charge >= 0.3 is 5.97 Å². The molecular weight excluding hydrogens is 470 g/mol. The number of aryl methyl sites for hydroxylation is 2. The second kappa shape index (κ2) is 10.3. The molecule has 0 spiro atoms. The number of carboxylic acid groups (broad SMARTS) is 1. The Hall–Kier alpha value is -3.68. The van der Waals surface area contributed by atoms with Crippen molar-refractivity contribution in [3.8, 4) is 5.75 Å². The lowest BCUT2D eigenvalue weighted by molar-refractivity contribution is -0.139. The minimum Gasteiger partial charge on any atom is -0.482 e. The first-order valence-corrected chi connectivity index (χ1v) is 11.6. The lowest BCUT2D eigenvalue weighted by atomic mass is 10.2. The molecule has 172 valence electrons. The number of hydrogen-bond donors (Lipinski definition) is 3. The molecule has 0 atom stereocenters. The fourth-order valence-electron chi connectivity index (χ4n) is 2.42. The predicted molar refractivity (Wildman–Crippen MR) is 122 cm³/mol. The molecule has 2 aromatic carbocycles. The Morgan fingerprint density at radius 1 is 1.18 bits per heavy atom. The van der Waals surface area contributed by atoms with Gasteiger partial charge in [0, 0.05) is 10.4 Å². The summed E-state index contributed by atoms with van der Waals surface area (Å²) in [5, 5.41) is 21.8. The second-order valence-electron chi connectivity index (χ2n) is 6.59. The quantitative estimate of drug-likeness (QED) is 0.140. The van der Waals surface area contributed by atoms with Crippen LogP contribution in [0, 0.1) is 13.8 Å². The molecule has 3 aromatic rings. The van der Waals surface area contributed by atoms with Crippen molar-refractivity contribution >= 4 is 44.1 Å². The Morgan fingerprint density at radius 3 is 2.52 bits per heavy atom. The lowest BCUT2D eigenvalue weighted by Gasteiger charge is -2.07. The van der Waals surface area contributed by atoms with Gasteiger partial charge in [0.2, 0.25) is 11.0 Å². The number of ether oxygens (including phenoxy) is 1. The molecule has 1 heterocycles. The largest absolute Gasteiger partial charge is 0.482 e. The van der Waals surface area contributed by atoms with Crippen LogP contribution in [0.2, 0.25) is 0 Å². The zero-order chi connectivity index (χ0) is 24.0. The molecule has 0 saturated carbocycles. The highest BCUT2D eigenvalue weighted by molar-refractivity contribution is 7.85. The van der Waals surface area contributed by atoms with E-state index in [2.05, 4.69) is 25.7 Å². The highest BCUT2D eigenvalue weighted by Crippen LogP contribution is 2.25. The van der Waals surface area contributed by atoms with E-state index < -0.39 is 22.7 Å². The fraction of sp³-hybridized carbons (Fsp3) is 0.150. The first-order valence-electron chi connectivity index (χ1n) is 9.34. The van der Waals surface area contributed by atoms with E-state index in [1.165, 1.54) is 35.6 Å². The third-order valence-corrected chi connectivity index (χ3v) is 5.97. The van der Waals surface area contributed by atoms with Crippen molar-refractivity contribution in [3.63, 3.8) is 0 Å². The fourth-order valence-corrected chi connectivity index (χ4v) is 3.63. The average molecular weight is 490 g/mol. The number of nitrogens with one attached hydrogen (secondary N) is 1. The molecule has 13 heteroatoms. The van der Waals surface area contributed by atoms with Gasteiger partial charge in [-0.2, -0.15) is 13.5 Å². The Morgan fingerprint density at radius 2 is 1.91 bits per heavy atom. The number of aromatic nitrogens is 1. The Bertz CT molecular complexity index is 1300. The minimum atomic E-state index is -4.31. The molecule has 1 aromatic heterocycles. The van der Waals surface area contributed by atoms with Gasteiger partial charge in [-0.15, -0.1) is 10.2 Å². The van der Waals surface area contributed by atoms with E-state index in [0.717, 1.165) is 10.6 Å². The van der Waals surface area contributed by atoms with Crippen molar-refractivity contribution in [1.29, 1.82) is 0 Å². The highest BCUT2D eigenvalue weighted by atomic mass is 32.2. The maximum Gasteiger partial charge on any atom is 0.341 e. The maximum atomic E-state index is 11.2. The summed E-state index contributed by atoms with van der Waals surface area (Å²) >= 11 is 1.37. The number of benzene rings is 2. The van der Waals surface area contributed by atoms with Crippen LogP contribution in [-0.4, -0.2) is 41.5 Å². The molecule has 3 N–H and O–H groups in total. The monoisotopic (exact) mass is 489 g/mol. The average Bonchev–Trinajstić information content (AvgIpc) is 3.09. The number of hydrogen-bond acceptors (Lipinski definition) is 9. The van der Waals surface area contributed by atoms with Crippen LogP contribution in [-0.2, 0) is 14.9 Å². The van der Waals surface area contributed by atoms with Crippen LogP contribution in [0.25, 0.3) is 0 Å². The van der Waals surface area contributed by atoms with Crippen molar-refractivity contribution in [3.05, 3.63) is 64.7 Å². The van der Waals surface area contributed by atoms with Gasteiger partial charge in [-0.1, -0.05) is 23.5 Å². The molecule has 0 aliphatic carbocycles. The number of anilines is 1. The molecule has 3 rings (SSSR count). The van der Waals surface area contributed by atoms with Gasteiger partial charge in [0.15, 0.2) is 6.61 Å². The van der Waals surface area contributed by atoms with Crippen LogP contribution in [0.15, 0.2) is 68.8 Å². The number of thiazole rings is 1. The molecule has 0 aliphatic rings. The van der Waals surface area contributed by atoms with E-state index >= 15 is 0 Å². The summed E-state index contributed by atoms with van der Waals surface area (Å²) in [6.45, 7) is 3.27. The van der Waals surface area contributed by atoms with Gasteiger partial charge in [-0.3, -0.25) is 9.98 Å². The predicted octanol–water partition coefficient (Wildman–Crippen LogP) is 4.03. The minimum absolute atomic E-state index is 0.139. The lowest BCUT2D eigenvalue weighted by Crippen LogP contribution is -2.10. The molecule has 0 bridgehead atoms. The zero-order valence-corrected chi connectivity index (χ0v) is 19.1. The van der Waals surface area contributed by atoms with Crippen LogP contribution < -0.4 is 10.2 Å². The zero-order valence-electron chi connectivity index (χ0n) is 17.5. The van der Waals surface area contributed by atoms with Crippen molar-refractivity contribution in [1.82, 2.24) is 4.98 Å². The van der Waals surface area contributed by atoms with E-state index in [1.807, 2.05) is 13.8 Å². The summed E-state index contributed by atoms with van der Waals surface area (Å²) < 4.78 is 36.7. The van der Waals surface area contributed by atoms with Crippen LogP contribution in [0.4, 0.5) is 10.8 Å². The maximum absolute atomic E-state index is 11.2. The van der Waals surface area contributed by atoms with Crippen LogP contribution in [0.3, 0.4) is 0 Å². The molecule has 0 unspecified atom stereocenters. The first-order chi connectivity index (χ1) is 15.6. The van der Waals surface area contributed by atoms with Crippen molar-refractivity contribution in [2.75, 3.05) is 12.0 Å². The topological polar surface area (TPSA) is 163 Å². The summed E-state index contributed by atoms with van der Waals surface area (Å²) in [5.74, 6) is -0.671. The van der Waals surface area contributed by atoms with Crippen LogP contribution >= 0.6 is 11.3 Å².